The first kappa shape index (κ1) is 17.4. The Morgan fingerprint density at radius 2 is 2.25 bits per heavy atom. The summed E-state index contributed by atoms with van der Waals surface area (Å²) in [5.41, 5.74) is 0.570. The molecule has 128 valence electrons. The Morgan fingerprint density at radius 1 is 1.50 bits per heavy atom. The first-order valence-corrected chi connectivity index (χ1v) is 8.83. The van der Waals surface area contributed by atoms with E-state index in [9.17, 15) is 4.79 Å². The maximum absolute atomic E-state index is 12.2. The molecule has 0 fully saturated rings. The molecule has 0 N–H and O–H groups in total. The summed E-state index contributed by atoms with van der Waals surface area (Å²) >= 11 is 9.56. The first-order chi connectivity index (χ1) is 11.2. The molecule has 2 aromatic rings. The molecular formula is C16H18BrClN4O2. The van der Waals surface area contributed by atoms with Crippen LogP contribution in [0, 0.1) is 5.41 Å². The van der Waals surface area contributed by atoms with Crippen molar-refractivity contribution >= 4 is 33.5 Å². The van der Waals surface area contributed by atoms with Gasteiger partial charge in [0.15, 0.2) is 11.9 Å². The third kappa shape index (κ3) is 3.62. The molecule has 1 aliphatic heterocycles. The van der Waals surface area contributed by atoms with Crippen LogP contribution in [-0.4, -0.2) is 25.7 Å². The average molecular weight is 414 g/mol. The summed E-state index contributed by atoms with van der Waals surface area (Å²) < 4.78 is 7.84. The van der Waals surface area contributed by atoms with Crippen LogP contribution in [0.4, 0.5) is 0 Å². The molecule has 6 nitrogen and oxygen atoms in total. The molecule has 0 amide bonds. The lowest BCUT2D eigenvalue weighted by Crippen LogP contribution is -2.17. The SMILES string of the molecule is CC(C)(C)CC(=O)O[C@H]1C[C@@H](c2ncccc2Cl)n2nc(Br)nc21. The lowest BCUT2D eigenvalue weighted by Gasteiger charge is -2.19. The summed E-state index contributed by atoms with van der Waals surface area (Å²) in [7, 11) is 0. The molecule has 2 atom stereocenters. The maximum atomic E-state index is 12.2. The van der Waals surface area contributed by atoms with Crippen LogP contribution in [-0.2, 0) is 9.53 Å². The smallest absolute Gasteiger partial charge is 0.307 e. The van der Waals surface area contributed by atoms with Crippen molar-refractivity contribution in [3.63, 3.8) is 0 Å². The van der Waals surface area contributed by atoms with Gasteiger partial charge in [-0.1, -0.05) is 32.4 Å². The Balaban J connectivity index is 1.87. The molecular weight excluding hydrogens is 396 g/mol. The number of esters is 1. The minimum absolute atomic E-state index is 0.131. The number of carbonyl (C=O) groups excluding carboxylic acids is 1. The second-order valence-electron chi connectivity index (χ2n) is 7.02. The Morgan fingerprint density at radius 3 is 2.92 bits per heavy atom. The van der Waals surface area contributed by atoms with Crippen molar-refractivity contribution in [2.24, 2.45) is 5.41 Å². The normalized spacial score (nSPS) is 20.0. The lowest BCUT2D eigenvalue weighted by atomic mass is 9.92. The summed E-state index contributed by atoms with van der Waals surface area (Å²) in [6.45, 7) is 6.00. The van der Waals surface area contributed by atoms with Gasteiger partial charge < -0.3 is 4.74 Å². The molecule has 3 rings (SSSR count). The second kappa shape index (κ2) is 6.44. The van der Waals surface area contributed by atoms with Crippen LogP contribution >= 0.6 is 27.5 Å². The molecule has 0 bridgehead atoms. The van der Waals surface area contributed by atoms with Gasteiger partial charge in [0.2, 0.25) is 4.73 Å². The van der Waals surface area contributed by atoms with Crippen LogP contribution in [0.1, 0.15) is 57.3 Å². The summed E-state index contributed by atoms with van der Waals surface area (Å²) in [6.07, 6.45) is 2.09. The average Bonchev–Trinajstić information content (AvgIpc) is 2.97. The molecule has 3 heterocycles. The predicted octanol–water partition coefficient (Wildman–Crippen LogP) is 4.10. The number of ether oxygens (including phenoxy) is 1. The van der Waals surface area contributed by atoms with E-state index in [1.54, 1.807) is 23.0 Å². The van der Waals surface area contributed by atoms with Gasteiger partial charge in [-0.25, -0.2) is 9.67 Å². The number of pyridine rings is 1. The van der Waals surface area contributed by atoms with Crippen LogP contribution in [0.15, 0.2) is 23.1 Å². The van der Waals surface area contributed by atoms with Crippen molar-refractivity contribution in [2.45, 2.75) is 45.8 Å². The van der Waals surface area contributed by atoms with E-state index < -0.39 is 6.10 Å². The van der Waals surface area contributed by atoms with Crippen LogP contribution in [0.2, 0.25) is 5.02 Å². The highest BCUT2D eigenvalue weighted by atomic mass is 79.9. The van der Waals surface area contributed by atoms with E-state index in [0.29, 0.717) is 34.1 Å². The Bertz CT molecular complexity index is 772. The molecule has 0 unspecified atom stereocenters. The van der Waals surface area contributed by atoms with E-state index in [-0.39, 0.29) is 17.4 Å². The third-order valence-corrected chi connectivity index (χ3v) is 4.36. The zero-order valence-electron chi connectivity index (χ0n) is 13.7. The number of rotatable bonds is 3. The van der Waals surface area contributed by atoms with Gasteiger partial charge in [-0.2, -0.15) is 0 Å². The fourth-order valence-corrected chi connectivity index (χ4v) is 3.37. The summed E-state index contributed by atoms with van der Waals surface area (Å²) in [5.74, 6) is 0.363. The highest BCUT2D eigenvalue weighted by molar-refractivity contribution is 9.10. The summed E-state index contributed by atoms with van der Waals surface area (Å²) in [6, 6.07) is 3.36. The van der Waals surface area contributed by atoms with E-state index in [4.69, 9.17) is 16.3 Å². The Hall–Kier alpha value is -1.47. The van der Waals surface area contributed by atoms with Crippen molar-refractivity contribution in [2.75, 3.05) is 0 Å². The van der Waals surface area contributed by atoms with Gasteiger partial charge in [0.25, 0.3) is 0 Å². The molecule has 2 aromatic heterocycles. The lowest BCUT2D eigenvalue weighted by molar-refractivity contribution is -0.151. The van der Waals surface area contributed by atoms with Crippen LogP contribution < -0.4 is 0 Å². The number of carbonyl (C=O) groups is 1. The van der Waals surface area contributed by atoms with Crippen LogP contribution in [0.25, 0.3) is 0 Å². The van der Waals surface area contributed by atoms with E-state index in [0.717, 1.165) is 0 Å². The second-order valence-corrected chi connectivity index (χ2v) is 8.14. The number of halogens is 2. The molecule has 1 aliphatic rings. The quantitative estimate of drug-likeness (QED) is 0.708. The standard InChI is InChI=1S/C16H18BrClN4O2/c1-16(2,3)8-12(23)24-11-7-10(13-9(18)5-4-6-19-13)22-14(11)20-15(17)21-22/h4-6,10-11H,7-8H2,1-3H3/t10-,11-/m0/s1. The third-order valence-electron chi connectivity index (χ3n) is 3.70. The monoisotopic (exact) mass is 412 g/mol. The van der Waals surface area contributed by atoms with Crippen molar-refractivity contribution in [3.05, 3.63) is 39.6 Å². The fraction of sp³-hybridized carbons (Fsp3) is 0.500. The highest BCUT2D eigenvalue weighted by Gasteiger charge is 2.39. The molecule has 0 spiro atoms. The van der Waals surface area contributed by atoms with Gasteiger partial charge in [-0.05, 0) is 33.5 Å². The number of fused-ring (bicyclic) bond motifs is 1. The minimum atomic E-state index is -0.457. The summed E-state index contributed by atoms with van der Waals surface area (Å²) in [5, 5.41) is 4.91. The van der Waals surface area contributed by atoms with E-state index in [1.807, 2.05) is 20.8 Å². The van der Waals surface area contributed by atoms with Gasteiger partial charge in [0.05, 0.1) is 17.1 Å². The molecule has 0 saturated carbocycles. The van der Waals surface area contributed by atoms with Crippen molar-refractivity contribution in [3.8, 4) is 0 Å². The summed E-state index contributed by atoms with van der Waals surface area (Å²) in [4.78, 5) is 20.9. The van der Waals surface area contributed by atoms with Crippen molar-refractivity contribution in [1.82, 2.24) is 19.7 Å². The fourth-order valence-electron chi connectivity index (χ4n) is 2.77. The maximum Gasteiger partial charge on any atom is 0.307 e. The first-order valence-electron chi connectivity index (χ1n) is 7.66. The number of aromatic nitrogens is 4. The van der Waals surface area contributed by atoms with Gasteiger partial charge in [-0.15, -0.1) is 5.10 Å². The molecule has 0 saturated heterocycles. The number of hydrogen-bond donors (Lipinski definition) is 0. The minimum Gasteiger partial charge on any atom is -0.454 e. The zero-order chi connectivity index (χ0) is 17.5. The van der Waals surface area contributed by atoms with Crippen molar-refractivity contribution in [1.29, 1.82) is 0 Å². The molecule has 0 radical (unpaired) electrons. The van der Waals surface area contributed by atoms with E-state index >= 15 is 0 Å². The number of hydrogen-bond acceptors (Lipinski definition) is 5. The zero-order valence-corrected chi connectivity index (χ0v) is 16.0. The molecule has 0 aliphatic carbocycles. The van der Waals surface area contributed by atoms with Crippen LogP contribution in [0.5, 0.6) is 0 Å². The van der Waals surface area contributed by atoms with Crippen LogP contribution in [0.3, 0.4) is 0 Å². The predicted molar refractivity (Wildman–Crippen MR) is 92.6 cm³/mol. The van der Waals surface area contributed by atoms with Gasteiger partial charge in [-0.3, -0.25) is 9.78 Å². The molecule has 8 heteroatoms. The number of nitrogens with zero attached hydrogens (tertiary/aromatic N) is 4. The van der Waals surface area contributed by atoms with E-state index in [2.05, 4.69) is 31.0 Å². The van der Waals surface area contributed by atoms with Gasteiger partial charge >= 0.3 is 5.97 Å². The topological polar surface area (TPSA) is 69.9 Å². The molecule has 0 aromatic carbocycles. The largest absolute Gasteiger partial charge is 0.454 e. The molecule has 24 heavy (non-hydrogen) atoms. The van der Waals surface area contributed by atoms with Crippen molar-refractivity contribution < 1.29 is 9.53 Å². The van der Waals surface area contributed by atoms with E-state index in [1.165, 1.54) is 0 Å². The Kier molecular flexibility index (Phi) is 4.66. The van der Waals surface area contributed by atoms with Gasteiger partial charge in [0, 0.05) is 12.6 Å². The highest BCUT2D eigenvalue weighted by Crippen LogP contribution is 2.41. The Labute approximate surface area is 153 Å². The van der Waals surface area contributed by atoms with Gasteiger partial charge in [0.1, 0.15) is 6.04 Å².